The zero-order valence-corrected chi connectivity index (χ0v) is 16.0. The Morgan fingerprint density at radius 3 is 2.18 bits per heavy atom. The first-order valence-corrected chi connectivity index (χ1v) is 9.22. The van der Waals surface area contributed by atoms with Gasteiger partial charge >= 0.3 is 5.97 Å². The molecular weight excluding hydrogens is 350 g/mol. The number of hydrogen-bond donors (Lipinski definition) is 0. The number of carbonyl (C=O) groups is 1. The third kappa shape index (κ3) is 5.81. The Morgan fingerprint density at radius 2 is 1.54 bits per heavy atom. The van der Waals surface area contributed by atoms with Crippen molar-refractivity contribution >= 4 is 17.9 Å². The molecule has 0 fully saturated rings. The molecule has 0 atom stereocenters. The predicted octanol–water partition coefficient (Wildman–Crippen LogP) is 5.43. The van der Waals surface area contributed by atoms with Gasteiger partial charge in [-0.2, -0.15) is 0 Å². The number of nitrogens with zero attached hydrogens (tertiary/aromatic N) is 1. The molecule has 142 valence electrons. The van der Waals surface area contributed by atoms with Gasteiger partial charge in [0.15, 0.2) is 6.61 Å². The maximum Gasteiger partial charge on any atom is 0.344 e. The lowest BCUT2D eigenvalue weighted by Gasteiger charge is -2.09. The van der Waals surface area contributed by atoms with E-state index in [4.69, 9.17) is 9.47 Å². The molecule has 3 aromatic rings. The fraction of sp³-hybridized carbons (Fsp3) is 0.167. The summed E-state index contributed by atoms with van der Waals surface area (Å²) in [4.78, 5) is 16.0. The second kappa shape index (κ2) is 9.51. The second-order valence-corrected chi connectivity index (χ2v) is 6.57. The molecule has 28 heavy (non-hydrogen) atoms. The van der Waals surface area contributed by atoms with Crippen molar-refractivity contribution < 1.29 is 14.3 Å². The number of rotatable bonds is 7. The summed E-state index contributed by atoms with van der Waals surface area (Å²) in [5.41, 5.74) is 4.18. The lowest BCUT2D eigenvalue weighted by Crippen LogP contribution is -2.18. The first kappa shape index (κ1) is 19.4. The van der Waals surface area contributed by atoms with Crippen LogP contribution in [0.1, 0.15) is 19.4 Å². The number of carbonyl (C=O) groups excluding carboxylic acids is 1. The Labute approximate surface area is 165 Å². The molecule has 0 radical (unpaired) electrons. The van der Waals surface area contributed by atoms with Crippen LogP contribution < -0.4 is 4.74 Å². The minimum Gasteiger partial charge on any atom is -0.482 e. The van der Waals surface area contributed by atoms with Gasteiger partial charge in [-0.1, -0.05) is 42.5 Å². The van der Waals surface area contributed by atoms with Gasteiger partial charge in [0, 0.05) is 6.21 Å². The molecule has 0 saturated heterocycles. The van der Waals surface area contributed by atoms with Crippen LogP contribution in [0.15, 0.2) is 83.9 Å². The minimum absolute atomic E-state index is 0.0978. The smallest absolute Gasteiger partial charge is 0.344 e. The van der Waals surface area contributed by atoms with Crippen LogP contribution in [0, 0.1) is 0 Å². The summed E-state index contributed by atoms with van der Waals surface area (Å²) in [6.45, 7) is 3.52. The van der Waals surface area contributed by atoms with E-state index in [1.165, 1.54) is 5.56 Å². The van der Waals surface area contributed by atoms with Crippen LogP contribution in [0.2, 0.25) is 0 Å². The molecular formula is C24H23NO3. The average Bonchev–Trinajstić information content (AvgIpc) is 2.72. The fourth-order valence-corrected chi connectivity index (χ4v) is 2.61. The van der Waals surface area contributed by atoms with Gasteiger partial charge < -0.3 is 9.47 Å². The first-order valence-electron chi connectivity index (χ1n) is 9.22. The van der Waals surface area contributed by atoms with E-state index in [1.807, 2.05) is 54.6 Å². The Balaban J connectivity index is 1.56. The van der Waals surface area contributed by atoms with Crippen molar-refractivity contribution in [3.63, 3.8) is 0 Å². The van der Waals surface area contributed by atoms with Crippen molar-refractivity contribution in [3.05, 3.63) is 84.4 Å². The van der Waals surface area contributed by atoms with Gasteiger partial charge in [-0.15, -0.1) is 0 Å². The lowest BCUT2D eigenvalue weighted by molar-refractivity contribution is -0.149. The maximum absolute atomic E-state index is 11.5. The molecule has 0 aromatic heterocycles. The second-order valence-electron chi connectivity index (χ2n) is 6.57. The Hall–Kier alpha value is -3.40. The molecule has 0 aliphatic rings. The maximum atomic E-state index is 11.5. The van der Waals surface area contributed by atoms with Gasteiger partial charge in [-0.3, -0.25) is 4.99 Å². The molecule has 0 N–H and O–H groups in total. The number of benzene rings is 3. The Kier molecular flexibility index (Phi) is 6.58. The largest absolute Gasteiger partial charge is 0.482 e. The van der Waals surface area contributed by atoms with Crippen LogP contribution in [-0.4, -0.2) is 24.9 Å². The topological polar surface area (TPSA) is 47.9 Å². The van der Waals surface area contributed by atoms with Crippen molar-refractivity contribution in [1.82, 2.24) is 0 Å². The molecule has 0 spiro atoms. The number of ether oxygens (including phenoxy) is 2. The Bertz CT molecular complexity index is 914. The highest BCUT2D eigenvalue weighted by atomic mass is 16.6. The normalized spacial score (nSPS) is 11.0. The van der Waals surface area contributed by atoms with Crippen LogP contribution in [0.4, 0.5) is 5.69 Å². The molecule has 3 rings (SSSR count). The van der Waals surface area contributed by atoms with Gasteiger partial charge in [0.25, 0.3) is 0 Å². The van der Waals surface area contributed by atoms with Crippen LogP contribution in [0.25, 0.3) is 11.1 Å². The lowest BCUT2D eigenvalue weighted by atomic mass is 10.1. The zero-order valence-electron chi connectivity index (χ0n) is 16.0. The van der Waals surface area contributed by atoms with Gasteiger partial charge in [-0.05, 0) is 66.9 Å². The Morgan fingerprint density at radius 1 is 0.893 bits per heavy atom. The predicted molar refractivity (Wildman–Crippen MR) is 112 cm³/mol. The molecule has 0 aliphatic carbocycles. The molecule has 4 nitrogen and oxygen atoms in total. The number of hydrogen-bond acceptors (Lipinski definition) is 4. The van der Waals surface area contributed by atoms with E-state index in [9.17, 15) is 4.79 Å². The van der Waals surface area contributed by atoms with Crippen molar-refractivity contribution in [2.24, 2.45) is 4.99 Å². The highest BCUT2D eigenvalue weighted by Crippen LogP contribution is 2.22. The van der Waals surface area contributed by atoms with Crippen LogP contribution >= 0.6 is 0 Å². The first-order chi connectivity index (χ1) is 13.6. The third-order valence-electron chi connectivity index (χ3n) is 3.94. The van der Waals surface area contributed by atoms with E-state index < -0.39 is 0 Å². The monoisotopic (exact) mass is 373 g/mol. The van der Waals surface area contributed by atoms with Crippen LogP contribution in [0.5, 0.6) is 5.75 Å². The fourth-order valence-electron chi connectivity index (χ4n) is 2.61. The highest BCUT2D eigenvalue weighted by molar-refractivity contribution is 5.82. The van der Waals surface area contributed by atoms with Gasteiger partial charge in [0.1, 0.15) is 5.75 Å². The summed E-state index contributed by atoms with van der Waals surface area (Å²) in [6, 6.07) is 25.8. The van der Waals surface area contributed by atoms with E-state index >= 15 is 0 Å². The standard InChI is InChI=1S/C24H23NO3/c1-18(2)28-24(26)17-27-23-14-8-19(9-15-23)16-25-22-12-10-21(11-13-22)20-6-4-3-5-7-20/h3-16,18H,17H2,1-2H3. The van der Waals surface area contributed by atoms with Gasteiger partial charge in [0.05, 0.1) is 11.8 Å². The third-order valence-corrected chi connectivity index (χ3v) is 3.94. The molecule has 0 amide bonds. The molecule has 0 unspecified atom stereocenters. The average molecular weight is 373 g/mol. The summed E-state index contributed by atoms with van der Waals surface area (Å²) in [5.74, 6) is 0.240. The number of aliphatic imine (C=N–C) groups is 1. The minimum atomic E-state index is -0.375. The summed E-state index contributed by atoms with van der Waals surface area (Å²) in [5, 5.41) is 0. The molecule has 0 aliphatic heterocycles. The van der Waals surface area contributed by atoms with Crippen molar-refractivity contribution in [2.45, 2.75) is 20.0 Å². The summed E-state index contributed by atoms with van der Waals surface area (Å²) < 4.78 is 10.5. The molecule has 0 heterocycles. The zero-order chi connectivity index (χ0) is 19.8. The molecule has 3 aromatic carbocycles. The van der Waals surface area contributed by atoms with Gasteiger partial charge in [-0.25, -0.2) is 4.79 Å². The summed E-state index contributed by atoms with van der Waals surface area (Å²) in [7, 11) is 0. The SMILES string of the molecule is CC(C)OC(=O)COc1ccc(C=Nc2ccc(-c3ccccc3)cc2)cc1. The quantitative estimate of drug-likeness (QED) is 0.409. The van der Waals surface area contributed by atoms with E-state index in [-0.39, 0.29) is 18.7 Å². The van der Waals surface area contributed by atoms with Crippen molar-refractivity contribution in [3.8, 4) is 16.9 Å². The molecule has 4 heteroatoms. The molecule has 0 saturated carbocycles. The van der Waals surface area contributed by atoms with Crippen molar-refractivity contribution in [2.75, 3.05) is 6.61 Å². The summed E-state index contributed by atoms with van der Waals surface area (Å²) >= 11 is 0. The number of esters is 1. The van der Waals surface area contributed by atoms with E-state index in [1.54, 1.807) is 20.1 Å². The van der Waals surface area contributed by atoms with Crippen molar-refractivity contribution in [1.29, 1.82) is 0 Å². The van der Waals surface area contributed by atoms with E-state index in [0.29, 0.717) is 5.75 Å². The van der Waals surface area contributed by atoms with Crippen LogP contribution in [0.3, 0.4) is 0 Å². The van der Waals surface area contributed by atoms with E-state index in [0.717, 1.165) is 16.8 Å². The van der Waals surface area contributed by atoms with Gasteiger partial charge in [0.2, 0.25) is 0 Å². The molecule has 0 bridgehead atoms. The van der Waals surface area contributed by atoms with Crippen LogP contribution in [-0.2, 0) is 9.53 Å². The summed E-state index contributed by atoms with van der Waals surface area (Å²) in [6.07, 6.45) is 1.66. The highest BCUT2D eigenvalue weighted by Gasteiger charge is 2.06. The van der Waals surface area contributed by atoms with E-state index in [2.05, 4.69) is 29.3 Å².